The number of carboxylic acid groups (broad SMARTS) is 1. The minimum atomic E-state index is -0.874. The van der Waals surface area contributed by atoms with Crippen LogP contribution in [0.1, 0.15) is 44.1 Å². The molecule has 0 aromatic carbocycles. The molecule has 0 atom stereocenters. The first-order chi connectivity index (χ1) is 11.7. The van der Waals surface area contributed by atoms with Crippen molar-refractivity contribution < 1.29 is 19.4 Å². The number of pyridine rings is 1. The van der Waals surface area contributed by atoms with Crippen LogP contribution in [0.5, 0.6) is 0 Å². The van der Waals surface area contributed by atoms with Gasteiger partial charge in [-0.1, -0.05) is 0 Å². The molecule has 1 aliphatic rings. The van der Waals surface area contributed by atoms with Crippen molar-refractivity contribution in [1.29, 1.82) is 0 Å². The van der Waals surface area contributed by atoms with Gasteiger partial charge in [0.1, 0.15) is 11.4 Å². The van der Waals surface area contributed by atoms with Crippen LogP contribution in [-0.2, 0) is 4.74 Å². The number of aromatic nitrogens is 1. The molecule has 1 aromatic rings. The fraction of sp³-hybridized carbons (Fsp3) is 0.588. The topological polar surface area (TPSA) is 118 Å². The Hall–Kier alpha value is -2.51. The number of hydrogen-bond donors (Lipinski definition) is 3. The molecule has 2 heterocycles. The van der Waals surface area contributed by atoms with Crippen molar-refractivity contribution in [2.75, 3.05) is 30.7 Å². The van der Waals surface area contributed by atoms with Gasteiger partial charge in [0.15, 0.2) is 5.69 Å². The van der Waals surface area contributed by atoms with Gasteiger partial charge in [-0.05, 0) is 51.7 Å². The number of nitrogen functional groups attached to an aromatic ring is 1. The highest BCUT2D eigenvalue weighted by Crippen LogP contribution is 2.22. The molecule has 1 fully saturated rings. The lowest BCUT2D eigenvalue weighted by Crippen LogP contribution is -2.39. The van der Waals surface area contributed by atoms with Crippen LogP contribution in [0.3, 0.4) is 0 Å². The second kappa shape index (κ2) is 7.58. The molecule has 0 unspecified atom stereocenters. The van der Waals surface area contributed by atoms with E-state index in [1.165, 1.54) is 4.90 Å². The van der Waals surface area contributed by atoms with Crippen LogP contribution in [0.4, 0.5) is 16.3 Å². The van der Waals surface area contributed by atoms with Crippen molar-refractivity contribution in [2.45, 2.75) is 39.2 Å². The molecule has 0 radical (unpaired) electrons. The molecule has 4 N–H and O–H groups in total. The number of piperidine rings is 1. The fourth-order valence-corrected chi connectivity index (χ4v) is 2.68. The number of carbonyl (C=O) groups is 2. The number of likely N-dealkylation sites (tertiary alicyclic amines) is 1. The lowest BCUT2D eigenvalue weighted by molar-refractivity contribution is 0.00640. The van der Waals surface area contributed by atoms with Gasteiger partial charge in [-0.25, -0.2) is 14.6 Å². The van der Waals surface area contributed by atoms with Crippen molar-refractivity contribution in [3.63, 3.8) is 0 Å². The zero-order valence-electron chi connectivity index (χ0n) is 14.9. The van der Waals surface area contributed by atoms with Crippen LogP contribution >= 0.6 is 0 Å². The summed E-state index contributed by atoms with van der Waals surface area (Å²) in [5.74, 6) is 0.0591. The van der Waals surface area contributed by atoms with Crippen LogP contribution in [0, 0.1) is 5.92 Å². The Labute approximate surface area is 147 Å². The smallest absolute Gasteiger partial charge is 0.407 e. The molecule has 1 amide bonds. The average Bonchev–Trinajstić information content (AvgIpc) is 2.52. The molecule has 0 aliphatic carbocycles. The van der Waals surface area contributed by atoms with Gasteiger partial charge >= 0.3 is 12.1 Å². The maximum absolute atomic E-state index is 12.4. The Balaban J connectivity index is 2.00. The number of anilines is 2. The molecule has 25 heavy (non-hydrogen) atoms. The van der Waals surface area contributed by atoms with E-state index in [1.807, 2.05) is 0 Å². The number of rotatable bonds is 4. The number of nitrogens with zero attached hydrogens (tertiary/aromatic N) is 2. The molecule has 0 bridgehead atoms. The lowest BCUT2D eigenvalue weighted by Gasteiger charge is -2.30. The van der Waals surface area contributed by atoms with E-state index in [0.29, 0.717) is 31.2 Å². The molecular formula is C17H26N4O4. The summed E-state index contributed by atoms with van der Waals surface area (Å²) in [7, 11) is 0. The average molecular weight is 350 g/mol. The van der Waals surface area contributed by atoms with Crippen molar-refractivity contribution in [3.05, 3.63) is 17.8 Å². The number of esters is 1. The Morgan fingerprint density at radius 2 is 2.00 bits per heavy atom. The molecule has 1 saturated heterocycles. The summed E-state index contributed by atoms with van der Waals surface area (Å²) in [4.78, 5) is 28.8. The van der Waals surface area contributed by atoms with Gasteiger partial charge in [0.05, 0.1) is 5.69 Å². The molecule has 8 heteroatoms. The third-order valence-electron chi connectivity index (χ3n) is 3.98. The van der Waals surface area contributed by atoms with Crippen molar-refractivity contribution in [1.82, 2.24) is 9.88 Å². The van der Waals surface area contributed by atoms with Crippen LogP contribution in [0.15, 0.2) is 12.1 Å². The second-order valence-electron chi connectivity index (χ2n) is 7.23. The third kappa shape index (κ3) is 5.51. The van der Waals surface area contributed by atoms with Gasteiger partial charge < -0.3 is 25.8 Å². The Morgan fingerprint density at radius 3 is 2.56 bits per heavy atom. The van der Waals surface area contributed by atoms with Crippen molar-refractivity contribution in [3.8, 4) is 0 Å². The SMILES string of the molecule is CC(C)(C)OC(=O)c1nc(N)ccc1NCC1CCN(C(=O)O)CC1. The molecule has 1 aliphatic heterocycles. The summed E-state index contributed by atoms with van der Waals surface area (Å²) in [6.45, 7) is 7.07. The number of hydrogen-bond acceptors (Lipinski definition) is 6. The van der Waals surface area contributed by atoms with E-state index in [4.69, 9.17) is 15.6 Å². The maximum Gasteiger partial charge on any atom is 0.407 e. The van der Waals surface area contributed by atoms with Crippen molar-refractivity contribution >= 4 is 23.6 Å². The number of carbonyl (C=O) groups excluding carboxylic acids is 1. The summed E-state index contributed by atoms with van der Waals surface area (Å²) in [5.41, 5.74) is 5.82. The van der Waals surface area contributed by atoms with Gasteiger partial charge in [0.25, 0.3) is 0 Å². The van der Waals surface area contributed by atoms with Gasteiger partial charge in [-0.2, -0.15) is 0 Å². The van der Waals surface area contributed by atoms with Crippen LogP contribution in [0.2, 0.25) is 0 Å². The van der Waals surface area contributed by atoms with E-state index >= 15 is 0 Å². The van der Waals surface area contributed by atoms with E-state index in [2.05, 4.69) is 10.3 Å². The molecule has 0 spiro atoms. The normalized spacial score (nSPS) is 15.7. The summed E-state index contributed by atoms with van der Waals surface area (Å²) in [5, 5.41) is 12.2. The summed E-state index contributed by atoms with van der Waals surface area (Å²) >= 11 is 0. The fourth-order valence-electron chi connectivity index (χ4n) is 2.68. The van der Waals surface area contributed by atoms with Gasteiger partial charge in [0, 0.05) is 19.6 Å². The molecule has 8 nitrogen and oxygen atoms in total. The highest BCUT2D eigenvalue weighted by Gasteiger charge is 2.24. The summed E-state index contributed by atoms with van der Waals surface area (Å²) in [6.07, 6.45) is 0.689. The first-order valence-corrected chi connectivity index (χ1v) is 8.37. The first-order valence-electron chi connectivity index (χ1n) is 8.37. The summed E-state index contributed by atoms with van der Waals surface area (Å²) in [6, 6.07) is 3.34. The maximum atomic E-state index is 12.4. The van der Waals surface area contributed by atoms with Crippen LogP contribution in [-0.4, -0.2) is 52.3 Å². The number of nitrogens with one attached hydrogen (secondary N) is 1. The van der Waals surface area contributed by atoms with Gasteiger partial charge in [-0.3, -0.25) is 0 Å². The molecule has 138 valence electrons. The van der Waals surface area contributed by atoms with Crippen LogP contribution in [0.25, 0.3) is 0 Å². The van der Waals surface area contributed by atoms with E-state index in [0.717, 1.165) is 12.8 Å². The van der Waals surface area contributed by atoms with E-state index in [9.17, 15) is 9.59 Å². The van der Waals surface area contributed by atoms with Crippen LogP contribution < -0.4 is 11.1 Å². The third-order valence-corrected chi connectivity index (χ3v) is 3.98. The summed E-state index contributed by atoms with van der Waals surface area (Å²) < 4.78 is 5.38. The minimum absolute atomic E-state index is 0.165. The Morgan fingerprint density at radius 1 is 1.36 bits per heavy atom. The molecule has 1 aromatic heterocycles. The highest BCUT2D eigenvalue weighted by atomic mass is 16.6. The molecular weight excluding hydrogens is 324 g/mol. The number of ether oxygens (including phenoxy) is 1. The lowest BCUT2D eigenvalue weighted by atomic mass is 9.97. The monoisotopic (exact) mass is 350 g/mol. The highest BCUT2D eigenvalue weighted by molar-refractivity contribution is 5.94. The zero-order chi connectivity index (χ0) is 18.6. The Kier molecular flexibility index (Phi) is 5.71. The predicted octanol–water partition coefficient (Wildman–Crippen LogP) is 2.42. The predicted molar refractivity (Wildman–Crippen MR) is 94.6 cm³/mol. The first kappa shape index (κ1) is 18.8. The zero-order valence-corrected chi connectivity index (χ0v) is 14.9. The second-order valence-corrected chi connectivity index (χ2v) is 7.23. The Bertz CT molecular complexity index is 634. The van der Waals surface area contributed by atoms with E-state index in [-0.39, 0.29) is 11.5 Å². The molecule has 2 rings (SSSR count). The largest absolute Gasteiger partial charge is 0.465 e. The van der Waals surface area contributed by atoms with E-state index < -0.39 is 17.7 Å². The number of amides is 1. The van der Waals surface area contributed by atoms with Gasteiger partial charge in [0.2, 0.25) is 0 Å². The standard InChI is InChI=1S/C17H26N4O4/c1-17(2,3)25-15(22)14-12(4-5-13(18)20-14)19-10-11-6-8-21(9-7-11)16(23)24/h4-5,11,19H,6-10H2,1-3H3,(H2,18,20)(H,23,24). The molecule has 0 saturated carbocycles. The minimum Gasteiger partial charge on any atom is -0.465 e. The quantitative estimate of drug-likeness (QED) is 0.714. The van der Waals surface area contributed by atoms with E-state index in [1.54, 1.807) is 32.9 Å². The van der Waals surface area contributed by atoms with Gasteiger partial charge in [-0.15, -0.1) is 0 Å². The van der Waals surface area contributed by atoms with Crippen molar-refractivity contribution in [2.24, 2.45) is 5.92 Å². The number of nitrogens with two attached hydrogens (primary N) is 1.